The van der Waals surface area contributed by atoms with Crippen molar-refractivity contribution in [1.29, 1.82) is 0 Å². The van der Waals surface area contributed by atoms with Crippen LogP contribution in [-0.4, -0.2) is 57.8 Å². The largest absolute Gasteiger partial charge is 2.00 e. The Kier molecular flexibility index (Phi) is 10.6. The van der Waals surface area contributed by atoms with Gasteiger partial charge >= 0.3 is 16.5 Å². The predicted octanol–water partition coefficient (Wildman–Crippen LogP) is -1.70. The topological polar surface area (TPSA) is 31.2 Å². The summed E-state index contributed by atoms with van der Waals surface area (Å²) in [5.41, 5.74) is 2.69. The summed E-state index contributed by atoms with van der Waals surface area (Å²) in [5.74, 6) is 2.42. The second kappa shape index (κ2) is 12.4. The smallest absolute Gasteiger partial charge is 1.00 e. The van der Waals surface area contributed by atoms with Gasteiger partial charge in [0.05, 0.1) is 12.1 Å². The number of rotatable bonds is 2. The summed E-state index contributed by atoms with van der Waals surface area (Å²) in [6.45, 7) is 4.50. The van der Waals surface area contributed by atoms with Gasteiger partial charge in [-0.1, -0.05) is 84.2 Å². The molecule has 0 aromatic heterocycles. The van der Waals surface area contributed by atoms with E-state index in [1.54, 1.807) is 0 Å². The molecule has 4 aliphatic rings. The molecule has 0 N–H and O–H groups in total. The average Bonchev–Trinajstić information content (AvgIpc) is 3.50. The maximum Gasteiger partial charge on any atom is 2.00 e. The molecule has 4 heterocycles. The van der Waals surface area contributed by atoms with Crippen molar-refractivity contribution in [1.82, 2.24) is 9.80 Å². The van der Waals surface area contributed by atoms with Crippen LogP contribution in [-0.2, 0) is 16.5 Å². The summed E-state index contributed by atoms with van der Waals surface area (Å²) < 4.78 is 0. The number of halogens is 2. The quantitative estimate of drug-likeness (QED) is 0.427. The molecule has 168 valence electrons. The number of aliphatic imine (C=N–C) groups is 2. The molecule has 2 aromatic rings. The van der Waals surface area contributed by atoms with Gasteiger partial charge in [-0.15, -0.1) is 0 Å². The van der Waals surface area contributed by atoms with Crippen molar-refractivity contribution in [2.45, 2.75) is 12.1 Å². The van der Waals surface area contributed by atoms with Crippen molar-refractivity contribution in [3.8, 4) is 0 Å². The van der Waals surface area contributed by atoms with Crippen molar-refractivity contribution in [2.75, 3.05) is 37.7 Å². The van der Waals surface area contributed by atoms with Crippen molar-refractivity contribution >= 4 is 33.9 Å². The predicted molar refractivity (Wildman–Crippen MR) is 121 cm³/mol. The Bertz CT molecular complexity index is 812. The standard InChI is InChI=1S/2C11H12N2S.2ClH.Ni/c2*1-2-4-9(5-3-1)10-8-13-6-7-14-11(13)12-10;;;/h2*1-5,10H,6-8H2;2*1H;/q;;;;+2/p-2. The number of hydrogen-bond donors (Lipinski definition) is 0. The fourth-order valence-electron chi connectivity index (χ4n) is 3.92. The van der Waals surface area contributed by atoms with Crippen LogP contribution in [0.15, 0.2) is 70.6 Å². The molecular weight excluding hydrogens is 514 g/mol. The van der Waals surface area contributed by atoms with E-state index in [-0.39, 0.29) is 41.3 Å². The molecule has 2 atom stereocenters. The number of amidine groups is 2. The molecule has 4 nitrogen and oxygen atoms in total. The first kappa shape index (κ1) is 26.4. The third kappa shape index (κ3) is 6.14. The van der Waals surface area contributed by atoms with Crippen LogP contribution in [0.4, 0.5) is 0 Å². The first-order valence-corrected chi connectivity index (χ1v) is 11.8. The Balaban J connectivity index is 0.000000201. The minimum Gasteiger partial charge on any atom is -1.00 e. The molecule has 6 rings (SSSR count). The summed E-state index contributed by atoms with van der Waals surface area (Å²) in [6.07, 6.45) is 0. The molecule has 31 heavy (non-hydrogen) atoms. The van der Waals surface area contributed by atoms with Crippen LogP contribution < -0.4 is 24.8 Å². The molecule has 0 saturated carbocycles. The third-order valence-electron chi connectivity index (χ3n) is 5.41. The number of benzene rings is 2. The maximum absolute atomic E-state index is 4.73. The van der Waals surface area contributed by atoms with Crippen LogP contribution in [0.3, 0.4) is 0 Å². The van der Waals surface area contributed by atoms with Crippen molar-refractivity contribution in [2.24, 2.45) is 9.98 Å². The van der Waals surface area contributed by atoms with E-state index in [2.05, 4.69) is 70.5 Å². The van der Waals surface area contributed by atoms with Crippen LogP contribution in [0.5, 0.6) is 0 Å². The normalized spacial score (nSPS) is 22.6. The number of nitrogens with zero attached hydrogens (tertiary/aromatic N) is 4. The van der Waals surface area contributed by atoms with E-state index in [4.69, 9.17) is 9.98 Å². The van der Waals surface area contributed by atoms with E-state index in [9.17, 15) is 0 Å². The average molecular weight is 538 g/mol. The van der Waals surface area contributed by atoms with Crippen LogP contribution in [0.1, 0.15) is 23.2 Å². The fraction of sp³-hybridized carbons (Fsp3) is 0.364. The fourth-order valence-corrected chi connectivity index (χ4v) is 6.01. The Morgan fingerprint density at radius 1 is 0.645 bits per heavy atom. The van der Waals surface area contributed by atoms with Crippen molar-refractivity contribution in [3.63, 3.8) is 0 Å². The van der Waals surface area contributed by atoms with E-state index >= 15 is 0 Å². The van der Waals surface area contributed by atoms with Gasteiger partial charge in [0, 0.05) is 37.7 Å². The van der Waals surface area contributed by atoms with Gasteiger partial charge in [-0.3, -0.25) is 9.98 Å². The van der Waals surface area contributed by atoms with Gasteiger partial charge in [0.2, 0.25) is 0 Å². The number of fused-ring (bicyclic) bond motifs is 2. The molecule has 2 unspecified atom stereocenters. The van der Waals surface area contributed by atoms with Crippen LogP contribution >= 0.6 is 23.5 Å². The van der Waals surface area contributed by atoms with Crippen LogP contribution in [0.25, 0.3) is 0 Å². The Hall–Kier alpha value is -0.846. The van der Waals surface area contributed by atoms with Crippen LogP contribution in [0.2, 0.25) is 0 Å². The summed E-state index contributed by atoms with van der Waals surface area (Å²) in [7, 11) is 0. The Labute approximate surface area is 215 Å². The van der Waals surface area contributed by atoms with E-state index in [0.717, 1.165) is 13.1 Å². The molecule has 2 fully saturated rings. The zero-order valence-corrected chi connectivity index (χ0v) is 21.0. The van der Waals surface area contributed by atoms with E-state index in [0.29, 0.717) is 12.1 Å². The first-order valence-electron chi connectivity index (χ1n) is 9.88. The zero-order chi connectivity index (χ0) is 18.8. The Morgan fingerprint density at radius 2 is 1.03 bits per heavy atom. The summed E-state index contributed by atoms with van der Waals surface area (Å²) in [6, 6.07) is 21.9. The van der Waals surface area contributed by atoms with E-state index in [1.165, 1.54) is 46.1 Å². The zero-order valence-electron chi connectivity index (χ0n) is 16.8. The number of thioether (sulfide) groups is 2. The summed E-state index contributed by atoms with van der Waals surface area (Å²) in [4.78, 5) is 14.2. The van der Waals surface area contributed by atoms with Gasteiger partial charge < -0.3 is 34.6 Å². The molecule has 9 heteroatoms. The maximum atomic E-state index is 4.73. The van der Waals surface area contributed by atoms with Gasteiger partial charge in [0.15, 0.2) is 10.3 Å². The number of hydrogen-bond acceptors (Lipinski definition) is 6. The van der Waals surface area contributed by atoms with Gasteiger partial charge in [-0.2, -0.15) is 0 Å². The molecule has 0 aliphatic carbocycles. The molecule has 0 spiro atoms. The van der Waals surface area contributed by atoms with Gasteiger partial charge in [-0.25, -0.2) is 0 Å². The summed E-state index contributed by atoms with van der Waals surface area (Å²) >= 11 is 3.77. The molecule has 4 aliphatic heterocycles. The summed E-state index contributed by atoms with van der Waals surface area (Å²) in [5, 5.41) is 2.50. The Morgan fingerprint density at radius 3 is 1.39 bits per heavy atom. The SMILES string of the molecule is [Cl-].[Cl-].[Ni+2].c1ccc(C2CN3CCSC3=N2)cc1.c1ccc(C2CN3CCSC3=N2)cc1. The van der Waals surface area contributed by atoms with Crippen LogP contribution in [0, 0.1) is 0 Å². The van der Waals surface area contributed by atoms with E-state index < -0.39 is 0 Å². The molecule has 2 aromatic carbocycles. The third-order valence-corrected chi connectivity index (χ3v) is 7.43. The van der Waals surface area contributed by atoms with Crippen molar-refractivity contribution in [3.05, 3.63) is 71.8 Å². The second-order valence-corrected chi connectivity index (χ2v) is 9.39. The molecule has 0 bridgehead atoms. The van der Waals surface area contributed by atoms with E-state index in [1.807, 2.05) is 23.5 Å². The monoisotopic (exact) mass is 536 g/mol. The molecule has 0 amide bonds. The second-order valence-electron chi connectivity index (χ2n) is 7.27. The van der Waals surface area contributed by atoms with Gasteiger partial charge in [0.1, 0.15) is 0 Å². The van der Waals surface area contributed by atoms with Crippen molar-refractivity contribution < 1.29 is 41.3 Å². The van der Waals surface area contributed by atoms with Gasteiger partial charge in [0.25, 0.3) is 0 Å². The van der Waals surface area contributed by atoms with Gasteiger partial charge in [-0.05, 0) is 11.1 Å². The molecule has 2 saturated heterocycles. The first-order chi connectivity index (χ1) is 13.9. The minimum atomic E-state index is 0. The molecular formula is C22H24Cl2N4NiS2. The molecule has 0 radical (unpaired) electrons. The minimum absolute atomic E-state index is 0.